The number of hydrogen-bond donors (Lipinski definition) is 3. The molecule has 0 spiro atoms. The van der Waals surface area contributed by atoms with Crippen LogP contribution in [0.15, 0.2) is 59.7 Å². The molecular weight excluding hydrogens is 308 g/mol. The van der Waals surface area contributed by atoms with Crippen molar-refractivity contribution < 1.29 is 0 Å². The van der Waals surface area contributed by atoms with E-state index >= 15 is 0 Å². The molecule has 0 amide bonds. The van der Waals surface area contributed by atoms with Crippen LogP contribution in [0.25, 0.3) is 10.9 Å². The summed E-state index contributed by atoms with van der Waals surface area (Å²) in [6, 6.07) is 17.0. The molecule has 1 aromatic heterocycles. The summed E-state index contributed by atoms with van der Waals surface area (Å²) in [5, 5.41) is 8.16. The van der Waals surface area contributed by atoms with Crippen LogP contribution in [0.2, 0.25) is 0 Å². The van der Waals surface area contributed by atoms with E-state index in [4.69, 9.17) is 0 Å². The minimum atomic E-state index is 0.211. The highest BCUT2D eigenvalue weighted by atomic mass is 15.2. The predicted octanol–water partition coefficient (Wildman–Crippen LogP) is 3.95. The van der Waals surface area contributed by atoms with Gasteiger partial charge in [0, 0.05) is 30.7 Å². The quantitative estimate of drug-likeness (QED) is 0.489. The van der Waals surface area contributed by atoms with E-state index in [9.17, 15) is 0 Å². The lowest BCUT2D eigenvalue weighted by Gasteiger charge is -2.18. The van der Waals surface area contributed by atoms with Gasteiger partial charge < -0.3 is 15.6 Å². The molecule has 0 saturated heterocycles. The van der Waals surface area contributed by atoms with E-state index in [-0.39, 0.29) is 6.04 Å². The number of guanidine groups is 1. The van der Waals surface area contributed by atoms with E-state index in [2.05, 4.69) is 83.1 Å². The summed E-state index contributed by atoms with van der Waals surface area (Å²) in [4.78, 5) is 7.72. The number of para-hydroxylation sites is 1. The van der Waals surface area contributed by atoms with Crippen LogP contribution in [0.1, 0.15) is 29.7 Å². The number of hydrogen-bond acceptors (Lipinski definition) is 1. The Morgan fingerprint density at radius 1 is 1.12 bits per heavy atom. The van der Waals surface area contributed by atoms with Crippen molar-refractivity contribution in [3.63, 3.8) is 0 Å². The van der Waals surface area contributed by atoms with Crippen LogP contribution in [-0.2, 0) is 6.42 Å². The van der Waals surface area contributed by atoms with Gasteiger partial charge in [-0.2, -0.15) is 0 Å². The highest BCUT2D eigenvalue weighted by Crippen LogP contribution is 2.21. The van der Waals surface area contributed by atoms with Crippen LogP contribution in [-0.4, -0.2) is 24.5 Å². The van der Waals surface area contributed by atoms with Crippen molar-refractivity contribution in [2.75, 3.05) is 13.6 Å². The standard InChI is InChI=1S/C21H26N4/c1-15-8-7-11-19-18(14-24-20(15)19)12-13-23-21(22-3)25-16(2)17-9-5-4-6-10-17/h4-11,14,16,24H,12-13H2,1-3H3,(H2,22,23,25). The zero-order valence-corrected chi connectivity index (χ0v) is 15.1. The van der Waals surface area contributed by atoms with Gasteiger partial charge in [-0.05, 0) is 37.0 Å². The van der Waals surface area contributed by atoms with Gasteiger partial charge in [0.1, 0.15) is 0 Å². The number of H-pyrrole nitrogens is 1. The first-order valence-corrected chi connectivity index (χ1v) is 8.76. The number of fused-ring (bicyclic) bond motifs is 1. The van der Waals surface area contributed by atoms with Gasteiger partial charge in [0.15, 0.2) is 5.96 Å². The van der Waals surface area contributed by atoms with E-state index in [1.54, 1.807) is 0 Å². The minimum Gasteiger partial charge on any atom is -0.361 e. The Hall–Kier alpha value is -2.75. The zero-order valence-electron chi connectivity index (χ0n) is 15.1. The van der Waals surface area contributed by atoms with Crippen molar-refractivity contribution in [1.29, 1.82) is 0 Å². The second kappa shape index (κ2) is 7.88. The number of aromatic nitrogens is 1. The maximum atomic E-state index is 4.34. The maximum absolute atomic E-state index is 4.34. The summed E-state index contributed by atoms with van der Waals surface area (Å²) in [5.74, 6) is 0.826. The van der Waals surface area contributed by atoms with Crippen molar-refractivity contribution in [2.45, 2.75) is 26.3 Å². The van der Waals surface area contributed by atoms with Crippen LogP contribution >= 0.6 is 0 Å². The summed E-state index contributed by atoms with van der Waals surface area (Å²) < 4.78 is 0. The first kappa shape index (κ1) is 17.1. The third-order valence-corrected chi connectivity index (χ3v) is 4.57. The fraction of sp³-hybridized carbons (Fsp3) is 0.286. The maximum Gasteiger partial charge on any atom is 0.191 e. The number of aliphatic imine (C=N–C) groups is 1. The molecule has 4 nitrogen and oxygen atoms in total. The normalized spacial score (nSPS) is 13.0. The van der Waals surface area contributed by atoms with Crippen molar-refractivity contribution in [3.8, 4) is 0 Å². The van der Waals surface area contributed by atoms with Gasteiger partial charge in [0.25, 0.3) is 0 Å². The van der Waals surface area contributed by atoms with E-state index in [1.807, 2.05) is 13.1 Å². The van der Waals surface area contributed by atoms with Gasteiger partial charge in [-0.3, -0.25) is 4.99 Å². The minimum absolute atomic E-state index is 0.211. The van der Waals surface area contributed by atoms with Gasteiger partial charge in [-0.15, -0.1) is 0 Å². The lowest BCUT2D eigenvalue weighted by Crippen LogP contribution is -2.39. The highest BCUT2D eigenvalue weighted by Gasteiger charge is 2.08. The van der Waals surface area contributed by atoms with Crippen LogP contribution in [0.5, 0.6) is 0 Å². The van der Waals surface area contributed by atoms with Crippen LogP contribution in [0, 0.1) is 6.92 Å². The Kier molecular flexibility index (Phi) is 5.39. The topological polar surface area (TPSA) is 52.2 Å². The smallest absolute Gasteiger partial charge is 0.191 e. The highest BCUT2D eigenvalue weighted by molar-refractivity contribution is 5.86. The molecule has 1 atom stereocenters. The zero-order chi connectivity index (χ0) is 17.6. The number of benzene rings is 2. The average Bonchev–Trinajstić information content (AvgIpc) is 3.06. The fourth-order valence-corrected chi connectivity index (χ4v) is 3.11. The van der Waals surface area contributed by atoms with Crippen molar-refractivity contribution in [1.82, 2.24) is 15.6 Å². The predicted molar refractivity (Wildman–Crippen MR) is 106 cm³/mol. The van der Waals surface area contributed by atoms with E-state index in [1.165, 1.54) is 27.6 Å². The molecule has 1 unspecified atom stereocenters. The molecule has 4 heteroatoms. The molecule has 0 fully saturated rings. The molecule has 0 bridgehead atoms. The number of nitrogens with zero attached hydrogens (tertiary/aromatic N) is 1. The fourth-order valence-electron chi connectivity index (χ4n) is 3.11. The summed E-state index contributed by atoms with van der Waals surface area (Å²) in [6.45, 7) is 5.12. The molecule has 0 saturated carbocycles. The SMILES string of the molecule is CN=C(NCCc1c[nH]c2c(C)cccc12)NC(C)c1ccccc1. The third kappa shape index (κ3) is 4.02. The van der Waals surface area contributed by atoms with Gasteiger partial charge in [-0.25, -0.2) is 0 Å². The number of rotatable bonds is 5. The van der Waals surface area contributed by atoms with E-state index in [0.717, 1.165) is 18.9 Å². The summed E-state index contributed by atoms with van der Waals surface area (Å²) >= 11 is 0. The molecule has 0 aliphatic rings. The molecule has 25 heavy (non-hydrogen) atoms. The average molecular weight is 334 g/mol. The molecule has 1 heterocycles. The van der Waals surface area contributed by atoms with Gasteiger partial charge in [-0.1, -0.05) is 48.5 Å². The molecule has 2 aromatic carbocycles. The Morgan fingerprint density at radius 2 is 1.92 bits per heavy atom. The Labute approximate surface area is 149 Å². The Bertz CT molecular complexity index is 849. The first-order valence-electron chi connectivity index (χ1n) is 8.76. The number of aryl methyl sites for hydroxylation is 1. The second-order valence-corrected chi connectivity index (χ2v) is 6.34. The van der Waals surface area contributed by atoms with Crippen LogP contribution in [0.3, 0.4) is 0 Å². The third-order valence-electron chi connectivity index (χ3n) is 4.57. The molecule has 130 valence electrons. The first-order chi connectivity index (χ1) is 12.2. The van der Waals surface area contributed by atoms with Gasteiger partial charge >= 0.3 is 0 Å². The van der Waals surface area contributed by atoms with Crippen molar-refractivity contribution in [2.24, 2.45) is 4.99 Å². The summed E-state index contributed by atoms with van der Waals surface area (Å²) in [7, 11) is 1.81. The summed E-state index contributed by atoms with van der Waals surface area (Å²) in [6.07, 6.45) is 3.06. The number of nitrogens with one attached hydrogen (secondary N) is 3. The summed E-state index contributed by atoms with van der Waals surface area (Å²) in [5.41, 5.74) is 5.10. The molecule has 0 aliphatic heterocycles. The van der Waals surface area contributed by atoms with E-state index < -0.39 is 0 Å². The largest absolute Gasteiger partial charge is 0.361 e. The molecule has 0 aliphatic carbocycles. The van der Waals surface area contributed by atoms with Crippen molar-refractivity contribution >= 4 is 16.9 Å². The van der Waals surface area contributed by atoms with Gasteiger partial charge in [0.05, 0.1) is 6.04 Å². The van der Waals surface area contributed by atoms with Crippen LogP contribution in [0.4, 0.5) is 0 Å². The van der Waals surface area contributed by atoms with Crippen LogP contribution < -0.4 is 10.6 Å². The molecular formula is C21H26N4. The molecule has 3 aromatic rings. The molecule has 0 radical (unpaired) electrons. The van der Waals surface area contributed by atoms with Crippen molar-refractivity contribution in [3.05, 3.63) is 71.4 Å². The lowest BCUT2D eigenvalue weighted by molar-refractivity contribution is 0.684. The van der Waals surface area contributed by atoms with E-state index in [0.29, 0.717) is 0 Å². The Morgan fingerprint density at radius 3 is 2.68 bits per heavy atom. The molecule has 3 N–H and O–H groups in total. The molecule has 3 rings (SSSR count). The number of aromatic amines is 1. The lowest BCUT2D eigenvalue weighted by atomic mass is 10.1. The monoisotopic (exact) mass is 334 g/mol. The van der Waals surface area contributed by atoms with Gasteiger partial charge in [0.2, 0.25) is 0 Å². The second-order valence-electron chi connectivity index (χ2n) is 6.34. The Balaban J connectivity index is 1.57.